The number of hydrogen-bond donors (Lipinski definition) is 2. The smallest absolute Gasteiger partial charge is 0.263 e. The summed E-state index contributed by atoms with van der Waals surface area (Å²) in [5, 5.41) is 8.86. The van der Waals surface area contributed by atoms with E-state index in [4.69, 9.17) is 0 Å². The predicted molar refractivity (Wildman–Crippen MR) is 72.0 cm³/mol. The molecule has 2 aromatic rings. The number of anilines is 1. The van der Waals surface area contributed by atoms with Crippen LogP contribution in [0.4, 0.5) is 5.13 Å². The molecule has 0 atom stereocenters. The first-order chi connectivity index (χ1) is 8.81. The molecule has 5 nitrogen and oxygen atoms in total. The molecule has 1 amide bonds. The Morgan fingerprint density at radius 3 is 3.06 bits per heavy atom. The van der Waals surface area contributed by atoms with Gasteiger partial charge >= 0.3 is 0 Å². The maximum atomic E-state index is 11.9. The standard InChI is InChI=1S/C11H12N4OS2/c16-10(12-3-8-5-17-6-14-8)9-4-13-11(18-9)15-7-1-2-7/h4-7H,1-3H2,(H,12,16)(H,13,15). The molecule has 0 saturated heterocycles. The van der Waals surface area contributed by atoms with Gasteiger partial charge in [-0.2, -0.15) is 0 Å². The Morgan fingerprint density at radius 1 is 1.44 bits per heavy atom. The van der Waals surface area contributed by atoms with Crippen molar-refractivity contribution in [2.24, 2.45) is 0 Å². The van der Waals surface area contributed by atoms with Crippen molar-refractivity contribution in [2.75, 3.05) is 5.32 Å². The molecule has 0 bridgehead atoms. The predicted octanol–water partition coefficient (Wildman–Crippen LogP) is 2.10. The molecule has 1 aliphatic carbocycles. The average Bonchev–Trinajstić information content (AvgIpc) is 2.87. The number of aromatic nitrogens is 2. The van der Waals surface area contributed by atoms with E-state index in [1.807, 2.05) is 5.38 Å². The van der Waals surface area contributed by atoms with Crippen molar-refractivity contribution in [3.63, 3.8) is 0 Å². The molecule has 7 heteroatoms. The molecule has 94 valence electrons. The minimum Gasteiger partial charge on any atom is -0.359 e. The number of thiazole rings is 2. The highest BCUT2D eigenvalue weighted by atomic mass is 32.1. The molecule has 2 heterocycles. The van der Waals surface area contributed by atoms with Gasteiger partial charge < -0.3 is 10.6 Å². The first-order valence-electron chi connectivity index (χ1n) is 5.69. The lowest BCUT2D eigenvalue weighted by Gasteiger charge is -1.99. The summed E-state index contributed by atoms with van der Waals surface area (Å²) in [6, 6.07) is 0.557. The van der Waals surface area contributed by atoms with E-state index in [1.165, 1.54) is 35.5 Å². The van der Waals surface area contributed by atoms with E-state index in [9.17, 15) is 4.79 Å². The summed E-state index contributed by atoms with van der Waals surface area (Å²) in [6.45, 7) is 0.464. The van der Waals surface area contributed by atoms with Crippen LogP contribution in [0.15, 0.2) is 17.1 Å². The molecule has 1 fully saturated rings. The minimum atomic E-state index is -0.0932. The Bertz CT molecular complexity index is 533. The third kappa shape index (κ3) is 2.85. The Morgan fingerprint density at radius 2 is 2.33 bits per heavy atom. The second-order valence-electron chi connectivity index (χ2n) is 4.11. The van der Waals surface area contributed by atoms with Gasteiger partial charge in [-0.05, 0) is 12.8 Å². The van der Waals surface area contributed by atoms with Gasteiger partial charge in [0.15, 0.2) is 5.13 Å². The third-order valence-electron chi connectivity index (χ3n) is 2.55. The van der Waals surface area contributed by atoms with E-state index in [2.05, 4.69) is 20.6 Å². The highest BCUT2D eigenvalue weighted by Gasteiger charge is 2.22. The Kier molecular flexibility index (Phi) is 3.24. The Hall–Kier alpha value is -1.47. The first-order valence-corrected chi connectivity index (χ1v) is 7.45. The fourth-order valence-corrected chi connectivity index (χ4v) is 2.80. The fraction of sp³-hybridized carbons (Fsp3) is 0.364. The molecule has 0 radical (unpaired) electrons. The minimum absolute atomic E-state index is 0.0932. The van der Waals surface area contributed by atoms with Crippen LogP contribution in [0.2, 0.25) is 0 Å². The highest BCUT2D eigenvalue weighted by molar-refractivity contribution is 7.17. The van der Waals surface area contributed by atoms with Gasteiger partial charge in [0.2, 0.25) is 0 Å². The Labute approximate surface area is 112 Å². The van der Waals surface area contributed by atoms with Crippen LogP contribution >= 0.6 is 22.7 Å². The SMILES string of the molecule is O=C(NCc1cscn1)c1cnc(NC2CC2)s1. The van der Waals surface area contributed by atoms with Gasteiger partial charge in [-0.15, -0.1) is 11.3 Å². The van der Waals surface area contributed by atoms with Crippen molar-refractivity contribution in [1.82, 2.24) is 15.3 Å². The van der Waals surface area contributed by atoms with Gasteiger partial charge in [-0.1, -0.05) is 11.3 Å². The maximum absolute atomic E-state index is 11.9. The molecule has 0 aliphatic heterocycles. The molecule has 2 aromatic heterocycles. The summed E-state index contributed by atoms with van der Waals surface area (Å²) in [7, 11) is 0. The van der Waals surface area contributed by atoms with Crippen LogP contribution in [0.1, 0.15) is 28.2 Å². The average molecular weight is 280 g/mol. The van der Waals surface area contributed by atoms with Gasteiger partial charge in [0.05, 0.1) is 23.9 Å². The number of nitrogens with one attached hydrogen (secondary N) is 2. The zero-order chi connectivity index (χ0) is 12.4. The lowest BCUT2D eigenvalue weighted by Crippen LogP contribution is -2.21. The quantitative estimate of drug-likeness (QED) is 0.880. The van der Waals surface area contributed by atoms with Gasteiger partial charge in [0.1, 0.15) is 4.88 Å². The monoisotopic (exact) mass is 280 g/mol. The number of carbonyl (C=O) groups is 1. The molecule has 1 aliphatic rings. The van der Waals surface area contributed by atoms with Crippen LogP contribution in [0, 0.1) is 0 Å². The summed E-state index contributed by atoms with van der Waals surface area (Å²) >= 11 is 2.92. The van der Waals surface area contributed by atoms with E-state index >= 15 is 0 Å². The zero-order valence-electron chi connectivity index (χ0n) is 9.55. The van der Waals surface area contributed by atoms with Crippen LogP contribution in [0.5, 0.6) is 0 Å². The first kappa shape index (κ1) is 11.6. The summed E-state index contributed by atoms with van der Waals surface area (Å²) in [6.07, 6.45) is 4.02. The molecule has 2 N–H and O–H groups in total. The van der Waals surface area contributed by atoms with Crippen LogP contribution in [0.25, 0.3) is 0 Å². The molecule has 3 rings (SSSR count). The van der Waals surface area contributed by atoms with Gasteiger partial charge in [0, 0.05) is 11.4 Å². The summed E-state index contributed by atoms with van der Waals surface area (Å²) in [4.78, 5) is 20.8. The van der Waals surface area contributed by atoms with Crippen LogP contribution in [0.3, 0.4) is 0 Å². The fourth-order valence-electron chi connectivity index (χ4n) is 1.43. The lowest BCUT2D eigenvalue weighted by atomic mass is 10.4. The number of hydrogen-bond acceptors (Lipinski definition) is 6. The molecule has 0 unspecified atom stereocenters. The van der Waals surface area contributed by atoms with Crippen LogP contribution in [-0.4, -0.2) is 21.9 Å². The molecule has 18 heavy (non-hydrogen) atoms. The van der Waals surface area contributed by atoms with E-state index < -0.39 is 0 Å². The van der Waals surface area contributed by atoms with E-state index in [1.54, 1.807) is 11.7 Å². The second kappa shape index (κ2) is 5.03. The van der Waals surface area contributed by atoms with Crippen molar-refractivity contribution in [3.8, 4) is 0 Å². The van der Waals surface area contributed by atoms with Crippen molar-refractivity contribution in [1.29, 1.82) is 0 Å². The largest absolute Gasteiger partial charge is 0.359 e. The summed E-state index contributed by atoms with van der Waals surface area (Å²) < 4.78 is 0. The molecule has 1 saturated carbocycles. The van der Waals surface area contributed by atoms with Crippen molar-refractivity contribution in [2.45, 2.75) is 25.4 Å². The zero-order valence-corrected chi connectivity index (χ0v) is 11.2. The molecule has 0 spiro atoms. The maximum Gasteiger partial charge on any atom is 0.263 e. The van der Waals surface area contributed by atoms with E-state index in [-0.39, 0.29) is 5.91 Å². The van der Waals surface area contributed by atoms with Crippen molar-refractivity contribution >= 4 is 33.7 Å². The number of carbonyl (C=O) groups excluding carboxylic acids is 1. The molecule has 0 aromatic carbocycles. The number of nitrogens with zero attached hydrogens (tertiary/aromatic N) is 2. The van der Waals surface area contributed by atoms with E-state index in [0.29, 0.717) is 17.5 Å². The number of amides is 1. The molecular formula is C11H12N4OS2. The van der Waals surface area contributed by atoms with Crippen molar-refractivity contribution in [3.05, 3.63) is 27.7 Å². The second-order valence-corrected chi connectivity index (χ2v) is 5.86. The normalized spacial score (nSPS) is 14.4. The van der Waals surface area contributed by atoms with Crippen LogP contribution < -0.4 is 10.6 Å². The topological polar surface area (TPSA) is 66.9 Å². The highest BCUT2D eigenvalue weighted by Crippen LogP contribution is 2.27. The lowest BCUT2D eigenvalue weighted by molar-refractivity contribution is 0.0954. The van der Waals surface area contributed by atoms with Crippen molar-refractivity contribution < 1.29 is 4.79 Å². The Balaban J connectivity index is 1.56. The summed E-state index contributed by atoms with van der Waals surface area (Å²) in [5.74, 6) is -0.0932. The third-order valence-corrected chi connectivity index (χ3v) is 4.11. The van der Waals surface area contributed by atoms with E-state index in [0.717, 1.165) is 10.8 Å². The number of rotatable bonds is 5. The van der Waals surface area contributed by atoms with Gasteiger partial charge in [-0.25, -0.2) is 9.97 Å². The van der Waals surface area contributed by atoms with Crippen LogP contribution in [-0.2, 0) is 6.54 Å². The molecular weight excluding hydrogens is 268 g/mol. The van der Waals surface area contributed by atoms with Gasteiger partial charge in [-0.3, -0.25) is 4.79 Å². The summed E-state index contributed by atoms with van der Waals surface area (Å²) in [5.41, 5.74) is 2.64. The van der Waals surface area contributed by atoms with Gasteiger partial charge in [0.25, 0.3) is 5.91 Å².